The minimum atomic E-state index is -0.211. The molecule has 0 radical (unpaired) electrons. The largest absolute Gasteiger partial charge is 0.491 e. The highest BCUT2D eigenvalue weighted by Gasteiger charge is 2.15. The lowest BCUT2D eigenvalue weighted by Gasteiger charge is -2.17. The van der Waals surface area contributed by atoms with Crippen LogP contribution in [0.4, 0.5) is 5.69 Å². The van der Waals surface area contributed by atoms with E-state index >= 15 is 0 Å². The molecule has 3 rings (SSSR count). The Morgan fingerprint density at radius 1 is 0.806 bits per heavy atom. The Morgan fingerprint density at radius 2 is 1.55 bits per heavy atom. The third kappa shape index (κ3) is 5.95. The minimum absolute atomic E-state index is 0.0808. The molecule has 0 saturated carbocycles. The minimum Gasteiger partial charge on any atom is -0.491 e. The van der Waals surface area contributed by atoms with E-state index in [1.807, 2.05) is 76.2 Å². The van der Waals surface area contributed by atoms with Gasteiger partial charge in [0.25, 0.3) is 11.8 Å². The Morgan fingerprint density at radius 3 is 2.26 bits per heavy atom. The molecule has 3 aromatic rings. The van der Waals surface area contributed by atoms with E-state index in [1.165, 1.54) is 0 Å². The van der Waals surface area contributed by atoms with Gasteiger partial charge in [0.15, 0.2) is 0 Å². The van der Waals surface area contributed by atoms with Gasteiger partial charge in [-0.2, -0.15) is 0 Å². The monoisotopic (exact) mass is 416 g/mol. The lowest BCUT2D eigenvalue weighted by atomic mass is 10.1. The van der Waals surface area contributed by atoms with Gasteiger partial charge in [0.2, 0.25) is 0 Å². The van der Waals surface area contributed by atoms with Crippen LogP contribution in [0.2, 0.25) is 0 Å². The first-order valence-electron chi connectivity index (χ1n) is 10.4. The summed E-state index contributed by atoms with van der Waals surface area (Å²) in [5.74, 6) is 0.351. The SMILES string of the molecule is Cc1ccc(C(=O)NC(C)c2cccc(OC(C)C)c2)cc1NC(=O)c1ccccc1. The lowest BCUT2D eigenvalue weighted by Crippen LogP contribution is -2.27. The molecule has 0 fully saturated rings. The first-order valence-corrected chi connectivity index (χ1v) is 10.4. The van der Waals surface area contributed by atoms with Gasteiger partial charge in [0, 0.05) is 16.8 Å². The average Bonchev–Trinajstić information content (AvgIpc) is 2.75. The second kappa shape index (κ2) is 9.94. The summed E-state index contributed by atoms with van der Waals surface area (Å²) in [4.78, 5) is 25.4. The summed E-state index contributed by atoms with van der Waals surface area (Å²) in [5.41, 5.74) is 3.49. The van der Waals surface area contributed by atoms with Crippen molar-refractivity contribution in [3.63, 3.8) is 0 Å². The molecule has 2 amide bonds. The molecule has 5 nitrogen and oxygen atoms in total. The molecule has 0 aliphatic heterocycles. The smallest absolute Gasteiger partial charge is 0.255 e. The lowest BCUT2D eigenvalue weighted by molar-refractivity contribution is 0.0938. The highest BCUT2D eigenvalue weighted by Crippen LogP contribution is 2.22. The predicted octanol–water partition coefficient (Wildman–Crippen LogP) is 5.53. The van der Waals surface area contributed by atoms with Crippen molar-refractivity contribution in [1.29, 1.82) is 0 Å². The van der Waals surface area contributed by atoms with Crippen molar-refractivity contribution >= 4 is 17.5 Å². The molecule has 2 N–H and O–H groups in total. The first kappa shape index (κ1) is 22.1. The van der Waals surface area contributed by atoms with Crippen molar-refractivity contribution < 1.29 is 14.3 Å². The summed E-state index contributed by atoms with van der Waals surface area (Å²) in [6.07, 6.45) is 0.0808. The summed E-state index contributed by atoms with van der Waals surface area (Å²) >= 11 is 0. The Kier molecular flexibility index (Phi) is 7.08. The van der Waals surface area contributed by atoms with Crippen LogP contribution in [0.5, 0.6) is 5.75 Å². The maximum atomic E-state index is 12.9. The highest BCUT2D eigenvalue weighted by atomic mass is 16.5. The van der Waals surface area contributed by atoms with Crippen LogP contribution >= 0.6 is 0 Å². The molecule has 3 aromatic carbocycles. The van der Waals surface area contributed by atoms with Gasteiger partial charge in [-0.15, -0.1) is 0 Å². The molecular formula is C26H28N2O3. The highest BCUT2D eigenvalue weighted by molar-refractivity contribution is 6.05. The molecule has 0 aliphatic rings. The summed E-state index contributed by atoms with van der Waals surface area (Å²) in [7, 11) is 0. The summed E-state index contributed by atoms with van der Waals surface area (Å²) in [5, 5.41) is 5.91. The van der Waals surface area contributed by atoms with E-state index in [2.05, 4.69) is 10.6 Å². The molecule has 0 heterocycles. The number of rotatable bonds is 7. The molecule has 5 heteroatoms. The van der Waals surface area contributed by atoms with Crippen LogP contribution in [0.1, 0.15) is 58.7 Å². The number of hydrogen-bond acceptors (Lipinski definition) is 3. The van der Waals surface area contributed by atoms with E-state index in [1.54, 1.807) is 24.3 Å². The predicted molar refractivity (Wildman–Crippen MR) is 124 cm³/mol. The number of amides is 2. The van der Waals surface area contributed by atoms with Gasteiger partial charge in [0.1, 0.15) is 5.75 Å². The van der Waals surface area contributed by atoms with Crippen molar-refractivity contribution in [2.45, 2.75) is 39.8 Å². The number of anilines is 1. The third-order valence-electron chi connectivity index (χ3n) is 4.86. The van der Waals surface area contributed by atoms with Gasteiger partial charge in [-0.1, -0.05) is 36.4 Å². The Balaban J connectivity index is 1.72. The van der Waals surface area contributed by atoms with Crippen LogP contribution in [-0.4, -0.2) is 17.9 Å². The molecule has 1 unspecified atom stereocenters. The summed E-state index contributed by atoms with van der Waals surface area (Å²) in [6.45, 7) is 7.77. The van der Waals surface area contributed by atoms with Gasteiger partial charge >= 0.3 is 0 Å². The van der Waals surface area contributed by atoms with Crippen molar-refractivity contribution in [2.75, 3.05) is 5.32 Å². The summed E-state index contributed by atoms with van der Waals surface area (Å²) in [6, 6.07) is 21.8. The van der Waals surface area contributed by atoms with Crippen LogP contribution in [-0.2, 0) is 0 Å². The van der Waals surface area contributed by atoms with Gasteiger partial charge in [-0.3, -0.25) is 9.59 Å². The Bertz CT molecular complexity index is 1060. The fourth-order valence-electron chi connectivity index (χ4n) is 3.17. The van der Waals surface area contributed by atoms with Gasteiger partial charge in [0.05, 0.1) is 12.1 Å². The number of hydrogen-bond donors (Lipinski definition) is 2. The van der Waals surface area contributed by atoms with Crippen LogP contribution < -0.4 is 15.4 Å². The normalized spacial score (nSPS) is 11.6. The zero-order chi connectivity index (χ0) is 22.4. The quantitative estimate of drug-likeness (QED) is 0.532. The van der Waals surface area contributed by atoms with Gasteiger partial charge in [-0.25, -0.2) is 0 Å². The molecule has 0 aliphatic carbocycles. The number of carbonyl (C=O) groups is 2. The number of aryl methyl sites for hydroxylation is 1. The van der Waals surface area contributed by atoms with E-state index < -0.39 is 0 Å². The van der Waals surface area contributed by atoms with Crippen LogP contribution in [0, 0.1) is 6.92 Å². The van der Waals surface area contributed by atoms with Crippen LogP contribution in [0.3, 0.4) is 0 Å². The molecule has 0 bridgehead atoms. The van der Waals surface area contributed by atoms with E-state index in [0.29, 0.717) is 16.8 Å². The van der Waals surface area contributed by atoms with Crippen molar-refractivity contribution in [1.82, 2.24) is 5.32 Å². The van der Waals surface area contributed by atoms with E-state index in [9.17, 15) is 9.59 Å². The fraction of sp³-hybridized carbons (Fsp3) is 0.231. The van der Waals surface area contributed by atoms with E-state index in [0.717, 1.165) is 16.9 Å². The van der Waals surface area contributed by atoms with Gasteiger partial charge in [-0.05, 0) is 75.2 Å². The molecule has 0 aromatic heterocycles. The zero-order valence-corrected chi connectivity index (χ0v) is 18.3. The number of nitrogens with one attached hydrogen (secondary N) is 2. The number of ether oxygens (including phenoxy) is 1. The first-order chi connectivity index (χ1) is 14.8. The maximum Gasteiger partial charge on any atom is 0.255 e. The summed E-state index contributed by atoms with van der Waals surface area (Å²) < 4.78 is 5.74. The number of carbonyl (C=O) groups excluding carboxylic acids is 2. The van der Waals surface area contributed by atoms with Crippen LogP contribution in [0.25, 0.3) is 0 Å². The standard InChI is InChI=1S/C26H28N2O3/c1-17(2)31-23-12-8-11-21(15-23)19(4)27-26(30)22-14-13-18(3)24(16-22)28-25(29)20-9-6-5-7-10-20/h5-17,19H,1-4H3,(H,27,30)(H,28,29). The third-order valence-corrected chi connectivity index (χ3v) is 4.86. The van der Waals surface area contributed by atoms with Crippen molar-refractivity contribution in [3.8, 4) is 5.75 Å². The Labute approximate surface area is 183 Å². The fourth-order valence-corrected chi connectivity index (χ4v) is 3.17. The van der Waals surface area contributed by atoms with E-state index in [-0.39, 0.29) is 24.0 Å². The molecule has 1 atom stereocenters. The molecule has 0 saturated heterocycles. The van der Waals surface area contributed by atoms with Crippen LogP contribution in [0.15, 0.2) is 72.8 Å². The molecular weight excluding hydrogens is 388 g/mol. The Hall–Kier alpha value is -3.60. The molecule has 160 valence electrons. The topological polar surface area (TPSA) is 67.4 Å². The van der Waals surface area contributed by atoms with Crippen molar-refractivity contribution in [3.05, 3.63) is 95.1 Å². The van der Waals surface area contributed by atoms with Crippen molar-refractivity contribution in [2.24, 2.45) is 0 Å². The second-order valence-electron chi connectivity index (χ2n) is 7.78. The zero-order valence-electron chi connectivity index (χ0n) is 18.3. The molecule has 0 spiro atoms. The second-order valence-corrected chi connectivity index (χ2v) is 7.78. The number of benzene rings is 3. The van der Waals surface area contributed by atoms with Gasteiger partial charge < -0.3 is 15.4 Å². The molecule has 31 heavy (non-hydrogen) atoms. The average molecular weight is 417 g/mol. The maximum absolute atomic E-state index is 12.9. The van der Waals surface area contributed by atoms with E-state index in [4.69, 9.17) is 4.74 Å².